The fourth-order valence-corrected chi connectivity index (χ4v) is 2.12. The van der Waals surface area contributed by atoms with Crippen LogP contribution in [-0.2, 0) is 0 Å². The van der Waals surface area contributed by atoms with E-state index in [1.54, 1.807) is 0 Å². The molecule has 0 heterocycles. The van der Waals surface area contributed by atoms with Crippen LogP contribution in [0, 0.1) is 5.92 Å². The summed E-state index contributed by atoms with van der Waals surface area (Å²) in [5, 5.41) is 0. The van der Waals surface area contributed by atoms with E-state index in [1.807, 2.05) is 0 Å². The Kier molecular flexibility index (Phi) is 4.13. The van der Waals surface area contributed by atoms with Crippen LogP contribution in [0.4, 0.5) is 0 Å². The van der Waals surface area contributed by atoms with Crippen LogP contribution in [0.1, 0.15) is 45.4 Å². The van der Waals surface area contributed by atoms with E-state index in [0.717, 1.165) is 19.3 Å². The first kappa shape index (κ1) is 10.1. The number of unbranched alkanes of at least 4 members (excludes halogenated alkanes) is 1. The molecule has 3 atom stereocenters. The van der Waals surface area contributed by atoms with Gasteiger partial charge in [0.1, 0.15) is 0 Å². The highest BCUT2D eigenvalue weighted by atomic mass is 14.7. The Morgan fingerprint density at radius 1 is 1.42 bits per heavy atom. The standard InChI is InChI=1S/C10H20BN/c1-2-3-4-8-7-9(11)5-6-10(8)12/h8-10H,2-7,12H2,1H3/t8-,9?,10+/m0/s1. The number of hydrogen-bond acceptors (Lipinski definition) is 1. The molecule has 1 fully saturated rings. The van der Waals surface area contributed by atoms with Crippen LogP contribution in [0.2, 0.25) is 5.82 Å². The summed E-state index contributed by atoms with van der Waals surface area (Å²) in [5.74, 6) is 1.13. The van der Waals surface area contributed by atoms with Crippen molar-refractivity contribution in [1.82, 2.24) is 0 Å². The van der Waals surface area contributed by atoms with Gasteiger partial charge in [0.15, 0.2) is 0 Å². The molecule has 1 nitrogen and oxygen atoms in total. The Bertz CT molecular complexity index is 127. The average Bonchev–Trinajstić information content (AvgIpc) is 2.07. The Labute approximate surface area is 77.5 Å². The maximum absolute atomic E-state index is 6.03. The Morgan fingerprint density at radius 3 is 2.83 bits per heavy atom. The van der Waals surface area contributed by atoms with Crippen molar-refractivity contribution < 1.29 is 0 Å². The third-order valence-electron chi connectivity index (χ3n) is 3.01. The fourth-order valence-electron chi connectivity index (χ4n) is 2.12. The SMILES string of the molecule is [B]C1CC[C@@H](N)[C@@H](CCCC)C1. The van der Waals surface area contributed by atoms with Crippen LogP contribution in [-0.4, -0.2) is 13.9 Å². The van der Waals surface area contributed by atoms with E-state index in [2.05, 4.69) is 6.92 Å². The van der Waals surface area contributed by atoms with Gasteiger partial charge in [0.25, 0.3) is 0 Å². The lowest BCUT2D eigenvalue weighted by Crippen LogP contribution is -2.34. The Balaban J connectivity index is 2.28. The molecule has 1 aliphatic carbocycles. The molecule has 2 heteroatoms. The first-order valence-corrected chi connectivity index (χ1v) is 5.25. The minimum Gasteiger partial charge on any atom is -0.327 e. The third-order valence-corrected chi connectivity index (χ3v) is 3.01. The minimum absolute atomic E-state index is 0.423. The number of rotatable bonds is 3. The summed E-state index contributed by atoms with van der Waals surface area (Å²) in [7, 11) is 5.90. The second kappa shape index (κ2) is 4.91. The Morgan fingerprint density at radius 2 is 2.17 bits per heavy atom. The molecule has 0 aromatic rings. The van der Waals surface area contributed by atoms with Crippen molar-refractivity contribution in [2.75, 3.05) is 0 Å². The highest BCUT2D eigenvalue weighted by Gasteiger charge is 2.24. The molecule has 0 amide bonds. The van der Waals surface area contributed by atoms with Crippen LogP contribution in [0.25, 0.3) is 0 Å². The summed E-state index contributed by atoms with van der Waals surface area (Å²) in [6, 6.07) is 0.427. The van der Waals surface area contributed by atoms with Crippen molar-refractivity contribution in [3.63, 3.8) is 0 Å². The lowest BCUT2D eigenvalue weighted by Gasteiger charge is -2.32. The van der Waals surface area contributed by atoms with E-state index in [-0.39, 0.29) is 0 Å². The zero-order valence-corrected chi connectivity index (χ0v) is 8.13. The van der Waals surface area contributed by atoms with E-state index in [1.165, 1.54) is 19.3 Å². The van der Waals surface area contributed by atoms with E-state index in [9.17, 15) is 0 Å². The highest BCUT2D eigenvalue weighted by Crippen LogP contribution is 2.32. The summed E-state index contributed by atoms with van der Waals surface area (Å²) in [6.07, 6.45) is 7.29. The third kappa shape index (κ3) is 2.82. The van der Waals surface area contributed by atoms with Gasteiger partial charge in [-0.3, -0.25) is 0 Å². The second-order valence-corrected chi connectivity index (χ2v) is 4.14. The van der Waals surface area contributed by atoms with Crippen LogP contribution >= 0.6 is 0 Å². The molecule has 0 aromatic heterocycles. The van der Waals surface area contributed by atoms with Gasteiger partial charge >= 0.3 is 0 Å². The fraction of sp³-hybridized carbons (Fsp3) is 1.00. The molecule has 2 radical (unpaired) electrons. The van der Waals surface area contributed by atoms with Gasteiger partial charge in [0, 0.05) is 6.04 Å². The smallest absolute Gasteiger partial charge is 0.0699 e. The zero-order chi connectivity index (χ0) is 8.97. The summed E-state index contributed by atoms with van der Waals surface area (Å²) < 4.78 is 0. The zero-order valence-electron chi connectivity index (χ0n) is 8.13. The van der Waals surface area contributed by atoms with Crippen LogP contribution in [0.15, 0.2) is 0 Å². The maximum Gasteiger partial charge on any atom is 0.0699 e. The molecular weight excluding hydrogens is 145 g/mol. The van der Waals surface area contributed by atoms with Gasteiger partial charge in [-0.25, -0.2) is 0 Å². The molecule has 0 bridgehead atoms. The first-order chi connectivity index (χ1) is 5.74. The van der Waals surface area contributed by atoms with Crippen LogP contribution in [0.3, 0.4) is 0 Å². The number of nitrogens with two attached hydrogens (primary N) is 1. The molecule has 68 valence electrons. The molecule has 12 heavy (non-hydrogen) atoms. The summed E-state index contributed by atoms with van der Waals surface area (Å²) in [5.41, 5.74) is 6.03. The van der Waals surface area contributed by atoms with E-state index >= 15 is 0 Å². The quantitative estimate of drug-likeness (QED) is 0.637. The molecule has 1 unspecified atom stereocenters. The molecule has 0 spiro atoms. The van der Waals surface area contributed by atoms with Crippen molar-refractivity contribution in [3.05, 3.63) is 0 Å². The van der Waals surface area contributed by atoms with Gasteiger partial charge in [0.2, 0.25) is 0 Å². The van der Waals surface area contributed by atoms with Crippen LogP contribution < -0.4 is 5.73 Å². The van der Waals surface area contributed by atoms with Gasteiger partial charge < -0.3 is 5.73 Å². The number of hydrogen-bond donors (Lipinski definition) is 1. The summed E-state index contributed by atoms with van der Waals surface area (Å²) >= 11 is 0. The normalized spacial score (nSPS) is 36.7. The van der Waals surface area contributed by atoms with E-state index in [0.29, 0.717) is 17.8 Å². The average molecular weight is 165 g/mol. The van der Waals surface area contributed by atoms with Gasteiger partial charge in [-0.05, 0) is 18.8 Å². The Hall–Kier alpha value is 0.0249. The molecule has 0 aliphatic heterocycles. The molecule has 2 N–H and O–H groups in total. The molecule has 1 rings (SSSR count). The molecule has 0 saturated heterocycles. The summed E-state index contributed by atoms with van der Waals surface area (Å²) in [4.78, 5) is 0. The van der Waals surface area contributed by atoms with Crippen molar-refractivity contribution in [2.24, 2.45) is 11.7 Å². The van der Waals surface area contributed by atoms with Gasteiger partial charge in [-0.2, -0.15) is 0 Å². The van der Waals surface area contributed by atoms with Gasteiger partial charge in [0.05, 0.1) is 7.85 Å². The highest BCUT2D eigenvalue weighted by molar-refractivity contribution is 6.11. The first-order valence-electron chi connectivity index (χ1n) is 5.25. The second-order valence-electron chi connectivity index (χ2n) is 4.14. The molecule has 1 aliphatic rings. The molecule has 0 aromatic carbocycles. The lowest BCUT2D eigenvalue weighted by atomic mass is 9.68. The largest absolute Gasteiger partial charge is 0.327 e. The van der Waals surface area contributed by atoms with Crippen LogP contribution in [0.5, 0.6) is 0 Å². The predicted octanol–water partition coefficient (Wildman–Crippen LogP) is 2.26. The van der Waals surface area contributed by atoms with Gasteiger partial charge in [-0.15, -0.1) is 0 Å². The van der Waals surface area contributed by atoms with E-state index < -0.39 is 0 Å². The van der Waals surface area contributed by atoms with Crippen molar-refractivity contribution >= 4 is 7.85 Å². The monoisotopic (exact) mass is 165 g/mol. The molecular formula is C10H20BN. The maximum atomic E-state index is 6.03. The van der Waals surface area contributed by atoms with Crippen molar-refractivity contribution in [1.29, 1.82) is 0 Å². The predicted molar refractivity (Wildman–Crippen MR) is 54.3 cm³/mol. The van der Waals surface area contributed by atoms with Crippen molar-refractivity contribution in [3.8, 4) is 0 Å². The summed E-state index contributed by atoms with van der Waals surface area (Å²) in [6.45, 7) is 2.23. The van der Waals surface area contributed by atoms with Gasteiger partial charge in [-0.1, -0.05) is 38.4 Å². The minimum atomic E-state index is 0.423. The van der Waals surface area contributed by atoms with Crippen molar-refractivity contribution in [2.45, 2.75) is 57.3 Å². The lowest BCUT2D eigenvalue weighted by molar-refractivity contribution is 0.286. The van der Waals surface area contributed by atoms with E-state index in [4.69, 9.17) is 13.6 Å². The topological polar surface area (TPSA) is 26.0 Å². The molecule has 1 saturated carbocycles.